The van der Waals surface area contributed by atoms with E-state index in [0.29, 0.717) is 13.0 Å². The Morgan fingerprint density at radius 1 is 1.35 bits per heavy atom. The SMILES string of the molecule is CSc1ccc(CN(C)C(=O)Cc2csc(C)n2)cc1. The van der Waals surface area contributed by atoms with E-state index in [1.54, 1.807) is 28.0 Å². The minimum atomic E-state index is 0.101. The fourth-order valence-electron chi connectivity index (χ4n) is 1.87. The van der Waals surface area contributed by atoms with E-state index >= 15 is 0 Å². The van der Waals surface area contributed by atoms with Crippen molar-refractivity contribution in [1.82, 2.24) is 9.88 Å². The minimum Gasteiger partial charge on any atom is -0.341 e. The Labute approximate surface area is 128 Å². The van der Waals surface area contributed by atoms with Gasteiger partial charge in [0.05, 0.1) is 17.1 Å². The zero-order chi connectivity index (χ0) is 14.5. The lowest BCUT2D eigenvalue weighted by Gasteiger charge is -2.17. The summed E-state index contributed by atoms with van der Waals surface area (Å²) in [6.45, 7) is 2.59. The van der Waals surface area contributed by atoms with E-state index < -0.39 is 0 Å². The molecule has 0 atom stereocenters. The highest BCUT2D eigenvalue weighted by molar-refractivity contribution is 7.98. The molecule has 0 aliphatic heterocycles. The van der Waals surface area contributed by atoms with Crippen molar-refractivity contribution in [2.45, 2.75) is 24.8 Å². The number of amides is 1. The number of benzene rings is 1. The predicted molar refractivity (Wildman–Crippen MR) is 85.3 cm³/mol. The van der Waals surface area contributed by atoms with Gasteiger partial charge in [0, 0.05) is 23.9 Å². The van der Waals surface area contributed by atoms with Gasteiger partial charge in [-0.3, -0.25) is 4.79 Å². The third kappa shape index (κ3) is 4.08. The van der Waals surface area contributed by atoms with E-state index in [0.717, 1.165) is 16.3 Å². The van der Waals surface area contributed by atoms with Gasteiger partial charge in [0.15, 0.2) is 0 Å². The predicted octanol–water partition coefficient (Wildman–Crippen LogP) is 3.37. The number of thioether (sulfide) groups is 1. The van der Waals surface area contributed by atoms with Gasteiger partial charge in [-0.1, -0.05) is 12.1 Å². The number of aryl methyl sites for hydroxylation is 1. The second-order valence-corrected chi connectivity index (χ2v) is 6.57. The Morgan fingerprint density at radius 2 is 2.05 bits per heavy atom. The van der Waals surface area contributed by atoms with Crippen LogP contribution in [0.25, 0.3) is 0 Å². The molecule has 2 rings (SSSR count). The smallest absolute Gasteiger partial charge is 0.228 e. The summed E-state index contributed by atoms with van der Waals surface area (Å²) in [6.07, 6.45) is 2.43. The Morgan fingerprint density at radius 3 is 2.60 bits per heavy atom. The molecule has 0 N–H and O–H groups in total. The summed E-state index contributed by atoms with van der Waals surface area (Å²) in [6, 6.07) is 8.31. The molecule has 5 heteroatoms. The van der Waals surface area contributed by atoms with Gasteiger partial charge in [-0.2, -0.15) is 0 Å². The molecule has 0 aliphatic carbocycles. The van der Waals surface area contributed by atoms with Crippen LogP contribution in [-0.4, -0.2) is 29.1 Å². The van der Waals surface area contributed by atoms with Gasteiger partial charge in [0.25, 0.3) is 0 Å². The molecule has 0 saturated heterocycles. The first-order valence-corrected chi connectivity index (χ1v) is 8.47. The standard InChI is InChI=1S/C15H18N2OS2/c1-11-16-13(10-20-11)8-15(18)17(2)9-12-4-6-14(19-3)7-5-12/h4-7,10H,8-9H2,1-3H3. The second kappa shape index (κ2) is 6.90. The van der Waals surface area contributed by atoms with Crippen LogP contribution in [0.4, 0.5) is 0 Å². The summed E-state index contributed by atoms with van der Waals surface area (Å²) in [4.78, 5) is 19.5. The zero-order valence-electron chi connectivity index (χ0n) is 11.9. The summed E-state index contributed by atoms with van der Waals surface area (Å²) < 4.78 is 0. The average Bonchev–Trinajstić information content (AvgIpc) is 2.85. The number of likely N-dealkylation sites (N-methyl/N-ethyl adjacent to an activating group) is 1. The van der Waals surface area contributed by atoms with Crippen LogP contribution in [0.15, 0.2) is 34.5 Å². The van der Waals surface area contributed by atoms with Crippen LogP contribution in [0.3, 0.4) is 0 Å². The lowest BCUT2D eigenvalue weighted by molar-refractivity contribution is -0.129. The normalized spacial score (nSPS) is 10.6. The van der Waals surface area contributed by atoms with Crippen molar-refractivity contribution >= 4 is 29.0 Å². The maximum absolute atomic E-state index is 12.1. The van der Waals surface area contributed by atoms with E-state index in [1.807, 2.05) is 19.4 Å². The molecular weight excluding hydrogens is 288 g/mol. The van der Waals surface area contributed by atoms with Gasteiger partial charge in [-0.05, 0) is 30.9 Å². The van der Waals surface area contributed by atoms with Crippen LogP contribution < -0.4 is 0 Å². The molecular formula is C15H18N2OS2. The van der Waals surface area contributed by atoms with Crippen molar-refractivity contribution in [3.05, 3.63) is 45.9 Å². The number of aromatic nitrogens is 1. The molecule has 1 amide bonds. The lowest BCUT2D eigenvalue weighted by atomic mass is 10.2. The number of hydrogen-bond acceptors (Lipinski definition) is 4. The Bertz CT molecular complexity index is 578. The molecule has 1 heterocycles. The van der Waals surface area contributed by atoms with Crippen LogP contribution in [0.2, 0.25) is 0 Å². The molecule has 0 saturated carbocycles. The van der Waals surface area contributed by atoms with Gasteiger partial charge >= 0.3 is 0 Å². The van der Waals surface area contributed by atoms with Crippen molar-refractivity contribution < 1.29 is 4.79 Å². The molecule has 3 nitrogen and oxygen atoms in total. The second-order valence-electron chi connectivity index (χ2n) is 4.63. The van der Waals surface area contributed by atoms with Gasteiger partial charge < -0.3 is 4.90 Å². The first-order valence-electron chi connectivity index (χ1n) is 6.36. The third-order valence-corrected chi connectivity index (χ3v) is 4.57. The highest BCUT2D eigenvalue weighted by atomic mass is 32.2. The van der Waals surface area contributed by atoms with E-state index in [-0.39, 0.29) is 5.91 Å². The van der Waals surface area contributed by atoms with E-state index in [2.05, 4.69) is 35.5 Å². The van der Waals surface area contributed by atoms with Crippen LogP contribution >= 0.6 is 23.1 Å². The Hall–Kier alpha value is -1.33. The highest BCUT2D eigenvalue weighted by Crippen LogP contribution is 2.16. The molecule has 1 aromatic carbocycles. The fraction of sp³-hybridized carbons (Fsp3) is 0.333. The maximum Gasteiger partial charge on any atom is 0.228 e. The molecule has 20 heavy (non-hydrogen) atoms. The van der Waals surface area contributed by atoms with Crippen molar-refractivity contribution in [3.63, 3.8) is 0 Å². The monoisotopic (exact) mass is 306 g/mol. The van der Waals surface area contributed by atoms with Crippen LogP contribution in [0.5, 0.6) is 0 Å². The average molecular weight is 306 g/mol. The molecule has 106 valence electrons. The van der Waals surface area contributed by atoms with Gasteiger partial charge in [0.1, 0.15) is 0 Å². The third-order valence-electron chi connectivity index (χ3n) is 3.00. The van der Waals surface area contributed by atoms with E-state index in [4.69, 9.17) is 0 Å². The molecule has 2 aromatic rings. The Balaban J connectivity index is 1.92. The first-order chi connectivity index (χ1) is 9.58. The minimum absolute atomic E-state index is 0.101. The topological polar surface area (TPSA) is 33.2 Å². The maximum atomic E-state index is 12.1. The van der Waals surface area contributed by atoms with Crippen molar-refractivity contribution in [1.29, 1.82) is 0 Å². The quantitative estimate of drug-likeness (QED) is 0.794. The number of carbonyl (C=O) groups is 1. The number of nitrogens with zero attached hydrogens (tertiary/aromatic N) is 2. The summed E-state index contributed by atoms with van der Waals surface area (Å²) >= 11 is 3.30. The lowest BCUT2D eigenvalue weighted by Crippen LogP contribution is -2.27. The number of rotatable bonds is 5. The molecule has 0 bridgehead atoms. The van der Waals surface area contributed by atoms with E-state index in [1.165, 1.54) is 4.90 Å². The molecule has 1 aromatic heterocycles. The molecule has 0 radical (unpaired) electrons. The Kier molecular flexibility index (Phi) is 5.20. The van der Waals surface area contributed by atoms with E-state index in [9.17, 15) is 4.79 Å². The summed E-state index contributed by atoms with van der Waals surface area (Å²) in [5.74, 6) is 0.101. The van der Waals surface area contributed by atoms with Crippen LogP contribution in [0.1, 0.15) is 16.3 Å². The summed E-state index contributed by atoms with van der Waals surface area (Å²) in [5, 5.41) is 2.96. The summed E-state index contributed by atoms with van der Waals surface area (Å²) in [7, 11) is 1.84. The zero-order valence-corrected chi connectivity index (χ0v) is 13.6. The van der Waals surface area contributed by atoms with Gasteiger partial charge in [0.2, 0.25) is 5.91 Å². The van der Waals surface area contributed by atoms with Crippen molar-refractivity contribution in [2.24, 2.45) is 0 Å². The molecule has 0 unspecified atom stereocenters. The largest absolute Gasteiger partial charge is 0.341 e. The van der Waals surface area contributed by atoms with Gasteiger partial charge in [-0.25, -0.2) is 4.98 Å². The summed E-state index contributed by atoms with van der Waals surface area (Å²) in [5.41, 5.74) is 2.01. The van der Waals surface area contributed by atoms with Crippen LogP contribution in [-0.2, 0) is 17.8 Å². The molecule has 0 spiro atoms. The highest BCUT2D eigenvalue weighted by Gasteiger charge is 2.12. The first kappa shape index (κ1) is 15.1. The number of thiazole rings is 1. The fourth-order valence-corrected chi connectivity index (χ4v) is 2.89. The van der Waals surface area contributed by atoms with Gasteiger partial charge in [-0.15, -0.1) is 23.1 Å². The number of carbonyl (C=O) groups excluding carboxylic acids is 1. The molecule has 0 aliphatic rings. The van der Waals surface area contributed by atoms with Crippen LogP contribution in [0, 0.1) is 6.92 Å². The van der Waals surface area contributed by atoms with Crippen molar-refractivity contribution in [3.8, 4) is 0 Å². The van der Waals surface area contributed by atoms with Crippen molar-refractivity contribution in [2.75, 3.05) is 13.3 Å². The molecule has 0 fully saturated rings. The number of hydrogen-bond donors (Lipinski definition) is 0.